The molecular weight excluding hydrogens is 354 g/mol. The first kappa shape index (κ1) is 17.5. The summed E-state index contributed by atoms with van der Waals surface area (Å²) in [5.74, 6) is 3.08. The van der Waals surface area contributed by atoms with E-state index in [4.69, 9.17) is 9.26 Å². The van der Waals surface area contributed by atoms with Crippen LogP contribution in [0.1, 0.15) is 5.76 Å². The first-order valence-electron chi connectivity index (χ1n) is 8.75. The van der Waals surface area contributed by atoms with Crippen LogP contribution in [0.25, 0.3) is 11.3 Å². The monoisotopic (exact) mass is 373 g/mol. The van der Waals surface area contributed by atoms with Crippen LogP contribution in [-0.2, 0) is 0 Å². The number of hydrogen-bond acceptors (Lipinski definition) is 7. The summed E-state index contributed by atoms with van der Waals surface area (Å²) in [5.41, 5.74) is 2.63. The number of anilines is 4. The third kappa shape index (κ3) is 4.09. The summed E-state index contributed by atoms with van der Waals surface area (Å²) in [7, 11) is 1.64. The highest BCUT2D eigenvalue weighted by Gasteiger charge is 2.10. The maximum Gasteiger partial charge on any atom is 0.231 e. The molecule has 0 saturated carbocycles. The lowest BCUT2D eigenvalue weighted by molar-refractivity contribution is 0.400. The third-order valence-electron chi connectivity index (χ3n) is 4.01. The van der Waals surface area contributed by atoms with Crippen molar-refractivity contribution in [2.75, 3.05) is 17.7 Å². The fourth-order valence-electron chi connectivity index (χ4n) is 2.71. The van der Waals surface area contributed by atoms with Crippen LogP contribution < -0.4 is 15.4 Å². The quantitative estimate of drug-likeness (QED) is 0.495. The lowest BCUT2D eigenvalue weighted by atomic mass is 10.1. The Morgan fingerprint density at radius 2 is 1.71 bits per heavy atom. The lowest BCUT2D eigenvalue weighted by Crippen LogP contribution is -2.02. The van der Waals surface area contributed by atoms with Gasteiger partial charge < -0.3 is 19.9 Å². The van der Waals surface area contributed by atoms with E-state index < -0.39 is 0 Å². The molecule has 2 aromatic heterocycles. The molecule has 0 aliphatic carbocycles. The summed E-state index contributed by atoms with van der Waals surface area (Å²) in [6, 6.07) is 21.3. The average molecular weight is 373 g/mol. The normalized spacial score (nSPS) is 10.5. The SMILES string of the molecule is COc1cccc(Nc2cc(-c3ccccc3)nc(Nc3cc(C)on3)n2)c1. The molecule has 0 aliphatic rings. The Morgan fingerprint density at radius 1 is 0.857 bits per heavy atom. The molecule has 2 N–H and O–H groups in total. The summed E-state index contributed by atoms with van der Waals surface area (Å²) in [5, 5.41) is 10.3. The molecule has 4 rings (SSSR count). The number of hydrogen-bond donors (Lipinski definition) is 2. The molecule has 0 aliphatic heterocycles. The summed E-state index contributed by atoms with van der Waals surface area (Å²) >= 11 is 0. The van der Waals surface area contributed by atoms with Crippen molar-refractivity contribution in [3.05, 3.63) is 72.5 Å². The Hall–Kier alpha value is -3.87. The molecule has 0 radical (unpaired) electrons. The van der Waals surface area contributed by atoms with Crippen molar-refractivity contribution in [3.63, 3.8) is 0 Å². The zero-order valence-corrected chi connectivity index (χ0v) is 15.5. The smallest absolute Gasteiger partial charge is 0.231 e. The van der Waals surface area contributed by atoms with Crippen LogP contribution in [0.3, 0.4) is 0 Å². The molecule has 2 heterocycles. The van der Waals surface area contributed by atoms with E-state index in [2.05, 4.69) is 25.8 Å². The van der Waals surface area contributed by atoms with Gasteiger partial charge in [0.15, 0.2) is 5.82 Å². The molecule has 0 atom stereocenters. The van der Waals surface area contributed by atoms with Gasteiger partial charge in [-0.25, -0.2) is 4.98 Å². The standard InChI is InChI=1S/C21H19N5O2/c1-14-11-20(26-28-14)25-21-23-18(15-7-4-3-5-8-15)13-19(24-21)22-16-9-6-10-17(12-16)27-2/h3-13H,1-2H3,(H2,22,23,24,25,26). The molecule has 0 bridgehead atoms. The average Bonchev–Trinajstić information content (AvgIpc) is 3.13. The zero-order valence-electron chi connectivity index (χ0n) is 15.5. The van der Waals surface area contributed by atoms with Gasteiger partial charge in [-0.15, -0.1) is 0 Å². The first-order valence-corrected chi connectivity index (χ1v) is 8.75. The van der Waals surface area contributed by atoms with E-state index in [1.54, 1.807) is 13.2 Å². The largest absolute Gasteiger partial charge is 0.497 e. The van der Waals surface area contributed by atoms with Gasteiger partial charge in [0.05, 0.1) is 12.8 Å². The highest BCUT2D eigenvalue weighted by atomic mass is 16.5. The van der Waals surface area contributed by atoms with Gasteiger partial charge >= 0.3 is 0 Å². The van der Waals surface area contributed by atoms with Crippen molar-refractivity contribution in [1.82, 2.24) is 15.1 Å². The number of nitrogens with zero attached hydrogens (tertiary/aromatic N) is 3. The number of ether oxygens (including phenoxy) is 1. The second-order valence-corrected chi connectivity index (χ2v) is 6.13. The van der Waals surface area contributed by atoms with E-state index in [9.17, 15) is 0 Å². The zero-order chi connectivity index (χ0) is 19.3. The number of aryl methyl sites for hydroxylation is 1. The van der Waals surface area contributed by atoms with Gasteiger partial charge in [-0.05, 0) is 19.1 Å². The van der Waals surface area contributed by atoms with Crippen LogP contribution in [0.2, 0.25) is 0 Å². The van der Waals surface area contributed by atoms with Crippen LogP contribution in [0.15, 0.2) is 71.3 Å². The summed E-state index contributed by atoms with van der Waals surface area (Å²) in [6.45, 7) is 1.83. The highest BCUT2D eigenvalue weighted by molar-refractivity contribution is 5.68. The van der Waals surface area contributed by atoms with Gasteiger partial charge in [-0.3, -0.25) is 0 Å². The number of rotatable bonds is 6. The number of methoxy groups -OCH3 is 1. The fraction of sp³-hybridized carbons (Fsp3) is 0.0952. The van der Waals surface area contributed by atoms with Crippen LogP contribution in [0.4, 0.5) is 23.3 Å². The molecule has 28 heavy (non-hydrogen) atoms. The maximum atomic E-state index is 5.29. The van der Waals surface area contributed by atoms with E-state index in [-0.39, 0.29) is 0 Å². The van der Waals surface area contributed by atoms with Crippen molar-refractivity contribution in [2.45, 2.75) is 6.92 Å². The second-order valence-electron chi connectivity index (χ2n) is 6.13. The molecule has 4 aromatic rings. The van der Waals surface area contributed by atoms with Gasteiger partial charge in [0.25, 0.3) is 0 Å². The molecule has 0 fully saturated rings. The van der Waals surface area contributed by atoms with Crippen molar-refractivity contribution in [3.8, 4) is 17.0 Å². The van der Waals surface area contributed by atoms with E-state index in [0.29, 0.717) is 23.3 Å². The van der Waals surface area contributed by atoms with E-state index in [1.807, 2.05) is 67.6 Å². The minimum atomic E-state index is 0.417. The Morgan fingerprint density at radius 3 is 2.46 bits per heavy atom. The van der Waals surface area contributed by atoms with Gasteiger partial charge in [0, 0.05) is 29.4 Å². The Kier molecular flexibility index (Phi) is 4.88. The van der Waals surface area contributed by atoms with Gasteiger partial charge in [-0.1, -0.05) is 41.6 Å². The fourth-order valence-corrected chi connectivity index (χ4v) is 2.71. The lowest BCUT2D eigenvalue weighted by Gasteiger charge is -2.11. The minimum absolute atomic E-state index is 0.417. The van der Waals surface area contributed by atoms with E-state index >= 15 is 0 Å². The predicted molar refractivity (Wildman–Crippen MR) is 108 cm³/mol. The Bertz CT molecular complexity index is 1080. The molecule has 2 aromatic carbocycles. The van der Waals surface area contributed by atoms with E-state index in [0.717, 1.165) is 22.7 Å². The molecule has 0 unspecified atom stereocenters. The topological polar surface area (TPSA) is 85.1 Å². The summed E-state index contributed by atoms with van der Waals surface area (Å²) in [6.07, 6.45) is 0. The van der Waals surface area contributed by atoms with Crippen LogP contribution in [-0.4, -0.2) is 22.2 Å². The molecule has 140 valence electrons. The van der Waals surface area contributed by atoms with Gasteiger partial charge in [-0.2, -0.15) is 4.98 Å². The summed E-state index contributed by atoms with van der Waals surface area (Å²) < 4.78 is 10.4. The van der Waals surface area contributed by atoms with Gasteiger partial charge in [0.1, 0.15) is 17.3 Å². The molecule has 0 saturated heterocycles. The predicted octanol–water partition coefficient (Wildman–Crippen LogP) is 4.94. The van der Waals surface area contributed by atoms with Crippen LogP contribution in [0, 0.1) is 6.92 Å². The van der Waals surface area contributed by atoms with Crippen LogP contribution in [0.5, 0.6) is 5.75 Å². The number of benzene rings is 2. The number of aromatic nitrogens is 3. The van der Waals surface area contributed by atoms with Crippen molar-refractivity contribution in [1.29, 1.82) is 0 Å². The molecule has 0 spiro atoms. The molecule has 0 amide bonds. The third-order valence-corrected chi connectivity index (χ3v) is 4.01. The number of nitrogens with one attached hydrogen (secondary N) is 2. The van der Waals surface area contributed by atoms with Crippen molar-refractivity contribution in [2.24, 2.45) is 0 Å². The van der Waals surface area contributed by atoms with Crippen molar-refractivity contribution >= 4 is 23.3 Å². The summed E-state index contributed by atoms with van der Waals surface area (Å²) in [4.78, 5) is 9.17. The Balaban J connectivity index is 1.70. The minimum Gasteiger partial charge on any atom is -0.497 e. The highest BCUT2D eigenvalue weighted by Crippen LogP contribution is 2.26. The molecular formula is C21H19N5O2. The molecule has 7 heteroatoms. The first-order chi connectivity index (χ1) is 13.7. The van der Waals surface area contributed by atoms with Gasteiger partial charge in [0.2, 0.25) is 5.95 Å². The maximum absolute atomic E-state index is 5.29. The van der Waals surface area contributed by atoms with Crippen LogP contribution >= 0.6 is 0 Å². The molecule has 7 nitrogen and oxygen atoms in total. The van der Waals surface area contributed by atoms with Crippen molar-refractivity contribution < 1.29 is 9.26 Å². The Labute approximate surface area is 162 Å². The van der Waals surface area contributed by atoms with E-state index in [1.165, 1.54) is 0 Å². The second kappa shape index (κ2) is 7.79.